The number of ether oxygens (including phenoxy) is 1. The van der Waals surface area contributed by atoms with E-state index in [1.54, 1.807) is 31.8 Å². The van der Waals surface area contributed by atoms with Crippen LogP contribution in [-0.4, -0.2) is 28.2 Å². The number of amides is 1. The molecule has 0 unspecified atom stereocenters. The molecule has 0 spiro atoms. The van der Waals surface area contributed by atoms with Gasteiger partial charge in [-0.1, -0.05) is 6.07 Å². The lowest BCUT2D eigenvalue weighted by molar-refractivity contribution is -0.117. The molecule has 134 valence electrons. The van der Waals surface area contributed by atoms with Crippen LogP contribution in [0.1, 0.15) is 11.1 Å². The molecule has 0 atom stereocenters. The SMILES string of the molecule is COc1ccc(-c2[nH]ncc2C=C(C#N)C(=O)NCc2cccnc2)cc1. The van der Waals surface area contributed by atoms with Crippen LogP contribution in [0.15, 0.2) is 60.6 Å². The molecule has 1 amide bonds. The number of pyridine rings is 1. The van der Waals surface area contributed by atoms with E-state index in [0.717, 1.165) is 16.9 Å². The van der Waals surface area contributed by atoms with Gasteiger partial charge in [-0.2, -0.15) is 10.4 Å². The van der Waals surface area contributed by atoms with Crippen molar-refractivity contribution in [1.82, 2.24) is 20.5 Å². The molecule has 0 aliphatic rings. The van der Waals surface area contributed by atoms with Crippen molar-refractivity contribution >= 4 is 12.0 Å². The summed E-state index contributed by atoms with van der Waals surface area (Å²) in [5.74, 6) is 0.283. The van der Waals surface area contributed by atoms with Crippen LogP contribution in [-0.2, 0) is 11.3 Å². The third-order valence-electron chi connectivity index (χ3n) is 3.89. The van der Waals surface area contributed by atoms with Gasteiger partial charge < -0.3 is 10.1 Å². The molecule has 2 heterocycles. The third kappa shape index (κ3) is 4.38. The highest BCUT2D eigenvalue weighted by Gasteiger charge is 2.12. The molecule has 0 saturated heterocycles. The molecule has 27 heavy (non-hydrogen) atoms. The van der Waals surface area contributed by atoms with Gasteiger partial charge in [0.2, 0.25) is 0 Å². The Labute approximate surface area is 156 Å². The van der Waals surface area contributed by atoms with Crippen molar-refractivity contribution in [2.24, 2.45) is 0 Å². The number of carbonyl (C=O) groups is 1. The Balaban J connectivity index is 1.78. The Morgan fingerprint density at radius 1 is 1.30 bits per heavy atom. The second-order valence-electron chi connectivity index (χ2n) is 5.64. The highest BCUT2D eigenvalue weighted by Crippen LogP contribution is 2.25. The Bertz CT molecular complexity index is 985. The van der Waals surface area contributed by atoms with Crippen molar-refractivity contribution in [3.8, 4) is 23.1 Å². The maximum atomic E-state index is 12.3. The Kier molecular flexibility index (Phi) is 5.60. The molecule has 1 aromatic carbocycles. The van der Waals surface area contributed by atoms with E-state index in [4.69, 9.17) is 4.74 Å². The first kappa shape index (κ1) is 17.9. The molecule has 0 radical (unpaired) electrons. The zero-order valence-electron chi connectivity index (χ0n) is 14.6. The zero-order valence-corrected chi connectivity index (χ0v) is 14.6. The van der Waals surface area contributed by atoms with E-state index in [1.807, 2.05) is 36.4 Å². The van der Waals surface area contributed by atoms with Crippen LogP contribution in [0.2, 0.25) is 0 Å². The largest absolute Gasteiger partial charge is 0.497 e. The van der Waals surface area contributed by atoms with E-state index in [0.29, 0.717) is 17.8 Å². The number of rotatable bonds is 6. The van der Waals surface area contributed by atoms with Crippen molar-refractivity contribution < 1.29 is 9.53 Å². The minimum atomic E-state index is -0.455. The first-order valence-electron chi connectivity index (χ1n) is 8.18. The van der Waals surface area contributed by atoms with Gasteiger partial charge >= 0.3 is 0 Å². The fraction of sp³-hybridized carbons (Fsp3) is 0.100. The Morgan fingerprint density at radius 3 is 2.78 bits per heavy atom. The van der Waals surface area contributed by atoms with E-state index < -0.39 is 5.91 Å². The maximum absolute atomic E-state index is 12.3. The number of methoxy groups -OCH3 is 1. The smallest absolute Gasteiger partial charge is 0.262 e. The molecule has 3 rings (SSSR count). The van der Waals surface area contributed by atoms with Crippen LogP contribution in [0, 0.1) is 11.3 Å². The summed E-state index contributed by atoms with van der Waals surface area (Å²) in [6.45, 7) is 0.294. The summed E-state index contributed by atoms with van der Waals surface area (Å²) in [5.41, 5.74) is 3.08. The number of benzene rings is 1. The van der Waals surface area contributed by atoms with Crippen LogP contribution in [0.25, 0.3) is 17.3 Å². The molecule has 7 heteroatoms. The fourth-order valence-corrected chi connectivity index (χ4v) is 2.48. The minimum absolute atomic E-state index is 0.00458. The molecule has 0 saturated carbocycles. The average Bonchev–Trinajstić information content (AvgIpc) is 3.19. The molecule has 0 aliphatic heterocycles. The minimum Gasteiger partial charge on any atom is -0.497 e. The molecule has 7 nitrogen and oxygen atoms in total. The molecular weight excluding hydrogens is 342 g/mol. The van der Waals surface area contributed by atoms with Crippen LogP contribution in [0.4, 0.5) is 0 Å². The molecule has 3 aromatic rings. The van der Waals surface area contributed by atoms with Crippen LogP contribution in [0.5, 0.6) is 5.75 Å². The average molecular weight is 359 g/mol. The van der Waals surface area contributed by atoms with Crippen molar-refractivity contribution in [1.29, 1.82) is 5.26 Å². The number of carbonyl (C=O) groups excluding carboxylic acids is 1. The molecule has 0 bridgehead atoms. The number of aromatic amines is 1. The zero-order chi connectivity index (χ0) is 19.1. The predicted molar refractivity (Wildman–Crippen MR) is 100 cm³/mol. The number of aromatic nitrogens is 3. The number of nitrogens with one attached hydrogen (secondary N) is 2. The summed E-state index contributed by atoms with van der Waals surface area (Å²) in [4.78, 5) is 16.3. The van der Waals surface area contributed by atoms with Gasteiger partial charge in [-0.15, -0.1) is 0 Å². The Hall–Kier alpha value is -3.92. The molecule has 0 fully saturated rings. The van der Waals surface area contributed by atoms with Crippen molar-refractivity contribution in [2.45, 2.75) is 6.54 Å². The van der Waals surface area contributed by atoms with Crippen LogP contribution in [0.3, 0.4) is 0 Å². The summed E-state index contributed by atoms with van der Waals surface area (Å²) < 4.78 is 5.16. The van der Waals surface area contributed by atoms with Gasteiger partial charge in [-0.3, -0.25) is 14.9 Å². The molecule has 2 aromatic heterocycles. The standard InChI is InChI=1S/C20H17N5O2/c1-27-18-6-4-15(5-7-18)19-17(13-24-25-19)9-16(10-21)20(26)23-12-14-3-2-8-22-11-14/h2-9,11,13H,12H2,1H3,(H,23,26)(H,24,25). The van der Waals surface area contributed by atoms with E-state index >= 15 is 0 Å². The van der Waals surface area contributed by atoms with Gasteiger partial charge in [0.15, 0.2) is 0 Å². The van der Waals surface area contributed by atoms with Crippen molar-refractivity contribution in [3.05, 3.63) is 71.7 Å². The summed E-state index contributed by atoms with van der Waals surface area (Å²) in [7, 11) is 1.60. The van der Waals surface area contributed by atoms with Crippen LogP contribution < -0.4 is 10.1 Å². The summed E-state index contributed by atoms with van der Waals surface area (Å²) in [6.07, 6.45) is 6.41. The van der Waals surface area contributed by atoms with E-state index in [2.05, 4.69) is 20.5 Å². The topological polar surface area (TPSA) is 104 Å². The number of nitriles is 1. The second kappa shape index (κ2) is 8.45. The molecule has 0 aliphatic carbocycles. The van der Waals surface area contributed by atoms with Gasteiger partial charge in [0.1, 0.15) is 17.4 Å². The lowest BCUT2D eigenvalue weighted by Crippen LogP contribution is -2.24. The summed E-state index contributed by atoms with van der Waals surface area (Å²) in [5, 5.41) is 19.0. The number of hydrogen-bond acceptors (Lipinski definition) is 5. The van der Waals surface area contributed by atoms with E-state index in [-0.39, 0.29) is 5.57 Å². The highest BCUT2D eigenvalue weighted by molar-refractivity contribution is 6.02. The second-order valence-corrected chi connectivity index (χ2v) is 5.64. The summed E-state index contributed by atoms with van der Waals surface area (Å²) >= 11 is 0. The van der Waals surface area contributed by atoms with Gasteiger partial charge in [0, 0.05) is 30.1 Å². The maximum Gasteiger partial charge on any atom is 0.262 e. The first-order valence-corrected chi connectivity index (χ1v) is 8.18. The van der Waals surface area contributed by atoms with Gasteiger partial charge in [0.25, 0.3) is 5.91 Å². The van der Waals surface area contributed by atoms with E-state index in [1.165, 1.54) is 6.08 Å². The lowest BCUT2D eigenvalue weighted by Gasteiger charge is -2.05. The quantitative estimate of drug-likeness (QED) is 0.520. The van der Waals surface area contributed by atoms with Gasteiger partial charge in [-0.05, 0) is 42.0 Å². The normalized spacial score (nSPS) is 10.9. The lowest BCUT2D eigenvalue weighted by atomic mass is 10.1. The van der Waals surface area contributed by atoms with Crippen LogP contribution >= 0.6 is 0 Å². The predicted octanol–water partition coefficient (Wildman–Crippen LogP) is 2.70. The summed E-state index contributed by atoms with van der Waals surface area (Å²) in [6, 6.07) is 13.0. The molecule has 2 N–H and O–H groups in total. The fourth-order valence-electron chi connectivity index (χ4n) is 2.48. The first-order chi connectivity index (χ1) is 13.2. The number of hydrogen-bond donors (Lipinski definition) is 2. The van der Waals surface area contributed by atoms with Crippen molar-refractivity contribution in [2.75, 3.05) is 7.11 Å². The van der Waals surface area contributed by atoms with Gasteiger partial charge in [0.05, 0.1) is 19.0 Å². The monoisotopic (exact) mass is 359 g/mol. The van der Waals surface area contributed by atoms with E-state index in [9.17, 15) is 10.1 Å². The Morgan fingerprint density at radius 2 is 2.11 bits per heavy atom. The van der Waals surface area contributed by atoms with Crippen molar-refractivity contribution in [3.63, 3.8) is 0 Å². The highest BCUT2D eigenvalue weighted by atomic mass is 16.5. The number of nitrogens with zero attached hydrogens (tertiary/aromatic N) is 3. The van der Waals surface area contributed by atoms with Gasteiger partial charge in [-0.25, -0.2) is 0 Å². The number of H-pyrrole nitrogens is 1. The molecular formula is C20H17N5O2. The third-order valence-corrected chi connectivity index (χ3v) is 3.89.